The van der Waals surface area contributed by atoms with Gasteiger partial charge in [-0.15, -0.1) is 0 Å². The van der Waals surface area contributed by atoms with Crippen molar-refractivity contribution in [3.05, 3.63) is 0 Å². The van der Waals surface area contributed by atoms with Crippen molar-refractivity contribution in [2.45, 2.75) is 38.6 Å². The molecule has 1 saturated carbocycles. The van der Waals surface area contributed by atoms with Gasteiger partial charge in [-0.1, -0.05) is 13.3 Å². The van der Waals surface area contributed by atoms with Crippen molar-refractivity contribution in [2.75, 3.05) is 7.11 Å². The Hall–Kier alpha value is -0.570. The molecule has 3 N–H and O–H groups in total. The molecular weight excluding hydrogens is 154 g/mol. The van der Waals surface area contributed by atoms with E-state index < -0.39 is 0 Å². The first kappa shape index (κ1) is 9.52. The zero-order chi connectivity index (χ0) is 9.19. The van der Waals surface area contributed by atoms with Crippen molar-refractivity contribution in [2.24, 2.45) is 5.41 Å². The highest BCUT2D eigenvalue weighted by molar-refractivity contribution is 5.69. The van der Waals surface area contributed by atoms with Gasteiger partial charge in [0, 0.05) is 5.41 Å². The van der Waals surface area contributed by atoms with Gasteiger partial charge in [0.1, 0.15) is 6.04 Å². The normalized spacial score (nSPS) is 22.6. The summed E-state index contributed by atoms with van der Waals surface area (Å²) in [6.07, 6.45) is 4.16. The number of ether oxygens (including phenoxy) is 1. The van der Waals surface area contributed by atoms with E-state index in [0.29, 0.717) is 11.8 Å². The molecule has 0 radical (unpaired) electrons. The van der Waals surface area contributed by atoms with Crippen LogP contribution < -0.4 is 5.73 Å². The molecule has 1 aliphatic rings. The predicted octanol–water partition coefficient (Wildman–Crippen LogP) is 0.350. The summed E-state index contributed by atoms with van der Waals surface area (Å²) in [4.78, 5) is 10.9. The van der Waals surface area contributed by atoms with Gasteiger partial charge in [-0.3, -0.25) is 4.79 Å². The standard InChI is InChI=1S/C9H17NO2/c1-9(4-3-5-9)7(10)6-8(11)12-2/h7H,3-6,10H2,1-2H3/p+1. The lowest BCUT2D eigenvalue weighted by atomic mass is 9.65. The zero-order valence-electron chi connectivity index (χ0n) is 7.93. The van der Waals surface area contributed by atoms with Crippen LogP contribution in [0, 0.1) is 5.41 Å². The van der Waals surface area contributed by atoms with E-state index in [4.69, 9.17) is 0 Å². The molecule has 1 unspecified atom stereocenters. The van der Waals surface area contributed by atoms with Crippen LogP contribution in [-0.4, -0.2) is 19.1 Å². The number of quaternary nitrogens is 1. The quantitative estimate of drug-likeness (QED) is 0.624. The first-order valence-electron chi connectivity index (χ1n) is 4.48. The molecule has 1 aliphatic carbocycles. The summed E-state index contributed by atoms with van der Waals surface area (Å²) in [5.41, 5.74) is 4.32. The molecule has 3 nitrogen and oxygen atoms in total. The molecule has 3 heteroatoms. The highest BCUT2D eigenvalue weighted by Crippen LogP contribution is 2.42. The molecule has 1 rings (SSSR count). The number of methoxy groups -OCH3 is 1. The Kier molecular flexibility index (Phi) is 2.73. The second-order valence-electron chi connectivity index (χ2n) is 3.98. The lowest BCUT2D eigenvalue weighted by Gasteiger charge is -2.40. The van der Waals surface area contributed by atoms with Gasteiger partial charge in [-0.05, 0) is 12.8 Å². The van der Waals surface area contributed by atoms with Crippen molar-refractivity contribution < 1.29 is 15.3 Å². The molecule has 0 aliphatic heterocycles. The van der Waals surface area contributed by atoms with Crippen LogP contribution in [0.4, 0.5) is 0 Å². The number of esters is 1. The number of hydrogen-bond acceptors (Lipinski definition) is 2. The molecule has 0 bridgehead atoms. The SMILES string of the molecule is COC(=O)CC([NH3+])C1(C)CCC1. The summed E-state index contributed by atoms with van der Waals surface area (Å²) in [5, 5.41) is 0. The fourth-order valence-corrected chi connectivity index (χ4v) is 1.67. The molecule has 0 aromatic heterocycles. The minimum absolute atomic E-state index is 0.136. The van der Waals surface area contributed by atoms with Gasteiger partial charge in [0.25, 0.3) is 0 Å². The first-order valence-corrected chi connectivity index (χ1v) is 4.48. The van der Waals surface area contributed by atoms with Crippen molar-refractivity contribution in [3.8, 4) is 0 Å². The van der Waals surface area contributed by atoms with Gasteiger partial charge in [0.15, 0.2) is 0 Å². The van der Waals surface area contributed by atoms with E-state index in [9.17, 15) is 4.79 Å². The second-order valence-corrected chi connectivity index (χ2v) is 3.98. The van der Waals surface area contributed by atoms with Crippen LogP contribution >= 0.6 is 0 Å². The van der Waals surface area contributed by atoms with Gasteiger partial charge < -0.3 is 10.5 Å². The van der Waals surface area contributed by atoms with Crippen LogP contribution in [-0.2, 0) is 9.53 Å². The molecule has 0 aromatic carbocycles. The number of rotatable bonds is 3. The Balaban J connectivity index is 2.37. The third-order valence-corrected chi connectivity index (χ3v) is 3.12. The van der Waals surface area contributed by atoms with E-state index in [1.807, 2.05) is 0 Å². The Morgan fingerprint density at radius 2 is 2.25 bits per heavy atom. The van der Waals surface area contributed by atoms with E-state index in [2.05, 4.69) is 17.4 Å². The third kappa shape index (κ3) is 1.78. The Bertz CT molecular complexity index is 175. The van der Waals surface area contributed by atoms with Crippen LogP contribution in [0.2, 0.25) is 0 Å². The summed E-state index contributed by atoms with van der Waals surface area (Å²) in [7, 11) is 1.43. The van der Waals surface area contributed by atoms with Gasteiger partial charge >= 0.3 is 5.97 Å². The van der Waals surface area contributed by atoms with Gasteiger partial charge in [0.2, 0.25) is 0 Å². The average Bonchev–Trinajstić information content (AvgIpc) is 1.99. The minimum atomic E-state index is -0.136. The van der Waals surface area contributed by atoms with Gasteiger partial charge in [-0.2, -0.15) is 0 Å². The molecule has 1 fully saturated rings. The van der Waals surface area contributed by atoms with E-state index >= 15 is 0 Å². The molecule has 1 atom stereocenters. The third-order valence-electron chi connectivity index (χ3n) is 3.12. The number of carbonyl (C=O) groups is 1. The minimum Gasteiger partial charge on any atom is -0.469 e. The van der Waals surface area contributed by atoms with Crippen LogP contribution in [0.15, 0.2) is 0 Å². The van der Waals surface area contributed by atoms with E-state index in [0.717, 1.165) is 0 Å². The highest BCUT2D eigenvalue weighted by Gasteiger charge is 2.41. The average molecular weight is 172 g/mol. The van der Waals surface area contributed by atoms with Crippen molar-refractivity contribution in [1.29, 1.82) is 0 Å². The smallest absolute Gasteiger partial charge is 0.311 e. The summed E-state index contributed by atoms with van der Waals surface area (Å²) < 4.78 is 4.61. The monoisotopic (exact) mass is 172 g/mol. The maximum atomic E-state index is 10.9. The first-order chi connectivity index (χ1) is 5.58. The molecule has 0 spiro atoms. The Morgan fingerprint density at radius 1 is 1.67 bits per heavy atom. The second kappa shape index (κ2) is 3.44. The topological polar surface area (TPSA) is 53.9 Å². The largest absolute Gasteiger partial charge is 0.469 e. The van der Waals surface area contributed by atoms with Crippen molar-refractivity contribution in [1.82, 2.24) is 0 Å². The Morgan fingerprint density at radius 3 is 2.58 bits per heavy atom. The van der Waals surface area contributed by atoms with Crippen molar-refractivity contribution in [3.63, 3.8) is 0 Å². The number of carbonyl (C=O) groups excluding carboxylic acids is 1. The lowest BCUT2D eigenvalue weighted by Crippen LogP contribution is -2.69. The van der Waals surface area contributed by atoms with Crippen LogP contribution in [0.1, 0.15) is 32.6 Å². The Labute approximate surface area is 73.3 Å². The molecule has 0 saturated heterocycles. The fourth-order valence-electron chi connectivity index (χ4n) is 1.67. The zero-order valence-corrected chi connectivity index (χ0v) is 7.93. The summed E-state index contributed by atoms with van der Waals surface area (Å²) >= 11 is 0. The molecule has 70 valence electrons. The van der Waals surface area contributed by atoms with Crippen LogP contribution in [0.25, 0.3) is 0 Å². The lowest BCUT2D eigenvalue weighted by molar-refractivity contribution is -0.452. The maximum Gasteiger partial charge on any atom is 0.311 e. The van der Waals surface area contributed by atoms with Crippen LogP contribution in [0.3, 0.4) is 0 Å². The van der Waals surface area contributed by atoms with Gasteiger partial charge in [-0.25, -0.2) is 0 Å². The van der Waals surface area contributed by atoms with Gasteiger partial charge in [0.05, 0.1) is 13.5 Å². The molecule has 0 aromatic rings. The van der Waals surface area contributed by atoms with Crippen LogP contribution in [0.5, 0.6) is 0 Å². The summed E-state index contributed by atoms with van der Waals surface area (Å²) in [5.74, 6) is -0.136. The molecular formula is C9H18NO2+. The molecule has 12 heavy (non-hydrogen) atoms. The maximum absolute atomic E-state index is 10.9. The predicted molar refractivity (Wildman–Crippen MR) is 45.3 cm³/mol. The van der Waals surface area contributed by atoms with E-state index in [1.54, 1.807) is 0 Å². The van der Waals surface area contributed by atoms with E-state index in [-0.39, 0.29) is 12.0 Å². The highest BCUT2D eigenvalue weighted by atomic mass is 16.5. The molecule has 0 heterocycles. The fraction of sp³-hybridized carbons (Fsp3) is 0.889. The number of hydrogen-bond donors (Lipinski definition) is 1. The van der Waals surface area contributed by atoms with E-state index in [1.165, 1.54) is 26.4 Å². The van der Waals surface area contributed by atoms with Crippen molar-refractivity contribution >= 4 is 5.97 Å². The molecule has 0 amide bonds. The summed E-state index contributed by atoms with van der Waals surface area (Å²) in [6.45, 7) is 2.21. The summed E-state index contributed by atoms with van der Waals surface area (Å²) in [6, 6.07) is 0.221.